The van der Waals surface area contributed by atoms with E-state index in [1.165, 1.54) is 19.3 Å². The fraction of sp³-hybridized carbons (Fsp3) is 0.455. The number of aromatic amines is 1. The zero-order chi connectivity index (χ0) is 11.7. The first kappa shape index (κ1) is 11.0. The Morgan fingerprint density at radius 1 is 1.29 bits per heavy atom. The lowest BCUT2D eigenvalue weighted by atomic mass is 10.2. The Kier molecular flexibility index (Phi) is 2.98. The van der Waals surface area contributed by atoms with Gasteiger partial charge in [0.1, 0.15) is 0 Å². The topological polar surface area (TPSA) is 36.9 Å². The molecule has 3 heterocycles. The van der Waals surface area contributed by atoms with Gasteiger partial charge in [0.25, 0.3) is 0 Å². The van der Waals surface area contributed by atoms with Crippen LogP contribution in [0.4, 0.5) is 0 Å². The first-order chi connectivity index (χ1) is 8.36. The highest BCUT2D eigenvalue weighted by Crippen LogP contribution is 2.23. The third-order valence-corrected chi connectivity index (χ3v) is 4.14. The molecule has 0 spiro atoms. The van der Waals surface area contributed by atoms with Gasteiger partial charge in [0.15, 0.2) is 5.82 Å². The van der Waals surface area contributed by atoms with E-state index in [9.17, 15) is 0 Å². The number of piperidine rings is 1. The summed E-state index contributed by atoms with van der Waals surface area (Å²) in [4.78, 5) is 1.16. The van der Waals surface area contributed by atoms with Crippen molar-refractivity contribution in [2.75, 3.05) is 18.1 Å². The lowest BCUT2D eigenvalue weighted by molar-refractivity contribution is 0.477. The average molecular weight is 266 g/mol. The molecule has 0 aliphatic carbocycles. The number of thiophene rings is 1. The first-order valence-electron chi connectivity index (χ1n) is 5.83. The van der Waals surface area contributed by atoms with Gasteiger partial charge in [0.2, 0.25) is 4.77 Å². The lowest BCUT2D eigenvalue weighted by Crippen LogP contribution is -2.39. The van der Waals surface area contributed by atoms with Crippen LogP contribution in [0.1, 0.15) is 19.3 Å². The zero-order valence-electron chi connectivity index (χ0n) is 9.43. The van der Waals surface area contributed by atoms with Gasteiger partial charge in [-0.3, -0.25) is 0 Å². The molecule has 1 saturated heterocycles. The van der Waals surface area contributed by atoms with Crippen LogP contribution < -0.4 is 5.01 Å². The van der Waals surface area contributed by atoms with Gasteiger partial charge in [0, 0.05) is 13.1 Å². The molecule has 1 aliphatic heterocycles. The van der Waals surface area contributed by atoms with E-state index in [1.54, 1.807) is 11.3 Å². The summed E-state index contributed by atoms with van der Waals surface area (Å²) in [5.74, 6) is 0.937. The number of hydrogen-bond acceptors (Lipinski definition) is 4. The molecule has 0 atom stereocenters. The minimum atomic E-state index is 0.690. The van der Waals surface area contributed by atoms with Crippen LogP contribution in [0, 0.1) is 4.77 Å². The number of nitrogens with zero attached hydrogens (tertiary/aromatic N) is 3. The van der Waals surface area contributed by atoms with E-state index in [0.29, 0.717) is 4.77 Å². The van der Waals surface area contributed by atoms with Crippen molar-refractivity contribution in [3.05, 3.63) is 22.3 Å². The highest BCUT2D eigenvalue weighted by atomic mass is 32.1. The summed E-state index contributed by atoms with van der Waals surface area (Å²) in [7, 11) is 0. The number of H-pyrrole nitrogens is 1. The van der Waals surface area contributed by atoms with Crippen molar-refractivity contribution >= 4 is 23.6 Å². The van der Waals surface area contributed by atoms with E-state index in [1.807, 2.05) is 6.07 Å². The van der Waals surface area contributed by atoms with Crippen LogP contribution in [-0.2, 0) is 0 Å². The second-order valence-corrected chi connectivity index (χ2v) is 5.49. The summed E-state index contributed by atoms with van der Waals surface area (Å²) in [5.41, 5.74) is 0. The van der Waals surface area contributed by atoms with Crippen LogP contribution in [0.15, 0.2) is 17.5 Å². The highest BCUT2D eigenvalue weighted by molar-refractivity contribution is 7.71. The molecule has 2 aromatic heterocycles. The Labute approximate surface area is 109 Å². The maximum Gasteiger partial charge on any atom is 0.214 e. The number of aromatic nitrogens is 3. The van der Waals surface area contributed by atoms with Crippen LogP contribution in [0.2, 0.25) is 0 Å². The predicted octanol–water partition coefficient (Wildman–Crippen LogP) is 2.79. The third-order valence-electron chi connectivity index (χ3n) is 3.01. The summed E-state index contributed by atoms with van der Waals surface area (Å²) in [6, 6.07) is 4.12. The molecule has 1 aliphatic rings. The van der Waals surface area contributed by atoms with E-state index >= 15 is 0 Å². The molecule has 3 rings (SSSR count). The van der Waals surface area contributed by atoms with E-state index in [0.717, 1.165) is 23.8 Å². The van der Waals surface area contributed by atoms with Crippen LogP contribution in [-0.4, -0.2) is 28.0 Å². The summed E-state index contributed by atoms with van der Waals surface area (Å²) in [6.07, 6.45) is 3.78. The molecule has 0 amide bonds. The molecule has 1 fully saturated rings. The number of nitrogens with one attached hydrogen (secondary N) is 1. The number of hydrogen-bond donors (Lipinski definition) is 1. The van der Waals surface area contributed by atoms with Crippen molar-refractivity contribution in [1.82, 2.24) is 14.9 Å². The summed E-state index contributed by atoms with van der Waals surface area (Å²) in [6.45, 7) is 2.12. The molecule has 1 N–H and O–H groups in total. The van der Waals surface area contributed by atoms with Crippen molar-refractivity contribution in [3.63, 3.8) is 0 Å². The van der Waals surface area contributed by atoms with Gasteiger partial charge in [-0.15, -0.1) is 11.3 Å². The van der Waals surface area contributed by atoms with Gasteiger partial charge < -0.3 is 5.01 Å². The first-order valence-corrected chi connectivity index (χ1v) is 7.11. The van der Waals surface area contributed by atoms with Crippen molar-refractivity contribution in [1.29, 1.82) is 0 Å². The molecule has 90 valence electrons. The summed E-state index contributed by atoms with van der Waals surface area (Å²) >= 11 is 7.03. The predicted molar refractivity (Wildman–Crippen MR) is 72.5 cm³/mol. The van der Waals surface area contributed by atoms with Crippen molar-refractivity contribution in [3.8, 4) is 10.7 Å². The molecular weight excluding hydrogens is 252 g/mol. The normalized spacial score (nSPS) is 16.4. The zero-order valence-corrected chi connectivity index (χ0v) is 11.1. The molecule has 0 aromatic carbocycles. The van der Waals surface area contributed by atoms with Crippen LogP contribution in [0.3, 0.4) is 0 Å². The summed E-state index contributed by atoms with van der Waals surface area (Å²) in [5, 5.41) is 11.6. The average Bonchev–Trinajstić information content (AvgIpc) is 2.98. The smallest absolute Gasteiger partial charge is 0.214 e. The Hall–Kier alpha value is -1.14. The van der Waals surface area contributed by atoms with Gasteiger partial charge in [-0.05, 0) is 42.9 Å². The Morgan fingerprint density at radius 3 is 2.82 bits per heavy atom. The second kappa shape index (κ2) is 4.62. The molecular formula is C11H14N4S2. The SMILES string of the molecule is S=c1[nH]nc(-c2cccs2)n1N1CCCCC1. The molecule has 6 heteroatoms. The van der Waals surface area contributed by atoms with E-state index in [4.69, 9.17) is 12.2 Å². The quantitative estimate of drug-likeness (QED) is 0.849. The van der Waals surface area contributed by atoms with Crippen LogP contribution in [0.25, 0.3) is 10.7 Å². The van der Waals surface area contributed by atoms with Crippen molar-refractivity contribution in [2.45, 2.75) is 19.3 Å². The largest absolute Gasteiger partial charge is 0.309 e. The Balaban J connectivity index is 2.03. The Bertz CT molecular complexity index is 534. The van der Waals surface area contributed by atoms with E-state index in [-0.39, 0.29) is 0 Å². The van der Waals surface area contributed by atoms with Gasteiger partial charge in [-0.25, -0.2) is 9.77 Å². The third kappa shape index (κ3) is 2.02. The standard InChI is InChI=1S/C11H14N4S2/c16-11-13-12-10(9-5-4-8-17-9)15(11)14-6-2-1-3-7-14/h4-5,8H,1-3,6-7H2,(H,13,16). The van der Waals surface area contributed by atoms with Gasteiger partial charge in [-0.2, -0.15) is 5.10 Å². The second-order valence-electron chi connectivity index (χ2n) is 4.16. The van der Waals surface area contributed by atoms with Crippen LogP contribution >= 0.6 is 23.6 Å². The maximum absolute atomic E-state index is 5.34. The fourth-order valence-corrected chi connectivity index (χ4v) is 3.14. The van der Waals surface area contributed by atoms with Crippen LogP contribution in [0.5, 0.6) is 0 Å². The fourth-order valence-electron chi connectivity index (χ4n) is 2.20. The molecule has 2 aromatic rings. The Morgan fingerprint density at radius 2 is 2.12 bits per heavy atom. The highest BCUT2D eigenvalue weighted by Gasteiger charge is 2.17. The van der Waals surface area contributed by atoms with E-state index < -0.39 is 0 Å². The molecule has 0 radical (unpaired) electrons. The monoisotopic (exact) mass is 266 g/mol. The molecule has 17 heavy (non-hydrogen) atoms. The van der Waals surface area contributed by atoms with Gasteiger partial charge >= 0.3 is 0 Å². The summed E-state index contributed by atoms with van der Waals surface area (Å²) < 4.78 is 2.75. The van der Waals surface area contributed by atoms with Gasteiger partial charge in [-0.1, -0.05) is 6.07 Å². The van der Waals surface area contributed by atoms with Gasteiger partial charge in [0.05, 0.1) is 4.88 Å². The van der Waals surface area contributed by atoms with Crippen molar-refractivity contribution in [2.24, 2.45) is 0 Å². The van der Waals surface area contributed by atoms with Crippen molar-refractivity contribution < 1.29 is 0 Å². The lowest BCUT2D eigenvalue weighted by Gasteiger charge is -2.29. The minimum absolute atomic E-state index is 0.690. The minimum Gasteiger partial charge on any atom is -0.309 e. The molecule has 4 nitrogen and oxygen atoms in total. The molecule has 0 unspecified atom stereocenters. The molecule has 0 saturated carbocycles. The molecule has 0 bridgehead atoms. The van der Waals surface area contributed by atoms with E-state index in [2.05, 4.69) is 31.3 Å². The number of rotatable bonds is 2. The maximum atomic E-state index is 5.34.